The summed E-state index contributed by atoms with van der Waals surface area (Å²) in [5.41, 5.74) is 1.33. The zero-order valence-electron chi connectivity index (χ0n) is 12.1. The van der Waals surface area contributed by atoms with E-state index in [1.54, 1.807) is 0 Å². The van der Waals surface area contributed by atoms with Crippen LogP contribution in [0.2, 0.25) is 0 Å². The SMILES string of the molecule is CC(C)CC(C)NCC(=O)N1CCc2sccc2C1. The fraction of sp³-hybridized carbons (Fsp3) is 0.667. The van der Waals surface area contributed by atoms with Crippen molar-refractivity contribution in [1.29, 1.82) is 0 Å². The van der Waals surface area contributed by atoms with Crippen LogP contribution in [0.3, 0.4) is 0 Å². The van der Waals surface area contributed by atoms with Gasteiger partial charge in [-0.1, -0.05) is 13.8 Å². The number of nitrogens with zero attached hydrogens (tertiary/aromatic N) is 1. The molecular weight excluding hydrogens is 256 g/mol. The summed E-state index contributed by atoms with van der Waals surface area (Å²) in [6, 6.07) is 2.55. The molecule has 1 N–H and O–H groups in total. The molecule has 0 bridgehead atoms. The van der Waals surface area contributed by atoms with Crippen molar-refractivity contribution >= 4 is 17.2 Å². The molecule has 0 saturated heterocycles. The fourth-order valence-corrected chi connectivity index (χ4v) is 3.51. The highest BCUT2D eigenvalue weighted by Gasteiger charge is 2.21. The van der Waals surface area contributed by atoms with E-state index < -0.39 is 0 Å². The van der Waals surface area contributed by atoms with Gasteiger partial charge in [-0.05, 0) is 42.7 Å². The summed E-state index contributed by atoms with van der Waals surface area (Å²) in [5.74, 6) is 0.897. The van der Waals surface area contributed by atoms with Crippen molar-refractivity contribution in [2.75, 3.05) is 13.1 Å². The lowest BCUT2D eigenvalue weighted by Gasteiger charge is -2.28. The number of nitrogens with one attached hydrogen (secondary N) is 1. The molecule has 106 valence electrons. The Morgan fingerprint density at radius 3 is 3.00 bits per heavy atom. The van der Waals surface area contributed by atoms with E-state index in [0.29, 0.717) is 18.5 Å². The molecule has 1 aliphatic heterocycles. The lowest BCUT2D eigenvalue weighted by molar-refractivity contribution is -0.131. The van der Waals surface area contributed by atoms with Crippen LogP contribution in [0.25, 0.3) is 0 Å². The van der Waals surface area contributed by atoms with Crippen LogP contribution in [0, 0.1) is 5.92 Å². The summed E-state index contributed by atoms with van der Waals surface area (Å²) in [6.45, 7) is 8.70. The normalized spacial score (nSPS) is 16.5. The van der Waals surface area contributed by atoms with E-state index in [4.69, 9.17) is 0 Å². The van der Waals surface area contributed by atoms with Crippen LogP contribution in [0.5, 0.6) is 0 Å². The maximum absolute atomic E-state index is 12.2. The molecule has 2 rings (SSSR count). The third-order valence-electron chi connectivity index (χ3n) is 3.59. The first kappa shape index (κ1) is 14.5. The minimum Gasteiger partial charge on any atom is -0.337 e. The standard InChI is InChI=1S/C15H24N2OS/c1-11(2)8-12(3)16-9-15(18)17-6-4-14-13(10-17)5-7-19-14/h5,7,11-12,16H,4,6,8-10H2,1-3H3. The zero-order valence-corrected chi connectivity index (χ0v) is 12.9. The van der Waals surface area contributed by atoms with E-state index in [-0.39, 0.29) is 5.91 Å². The van der Waals surface area contributed by atoms with Crippen LogP contribution < -0.4 is 5.32 Å². The molecule has 1 unspecified atom stereocenters. The molecule has 4 heteroatoms. The van der Waals surface area contributed by atoms with Gasteiger partial charge in [0, 0.05) is 24.0 Å². The Hall–Kier alpha value is -0.870. The molecule has 1 aliphatic rings. The number of carbonyl (C=O) groups is 1. The van der Waals surface area contributed by atoms with Gasteiger partial charge < -0.3 is 10.2 Å². The zero-order chi connectivity index (χ0) is 13.8. The predicted octanol–water partition coefficient (Wildman–Crippen LogP) is 2.66. The largest absolute Gasteiger partial charge is 0.337 e. The topological polar surface area (TPSA) is 32.3 Å². The van der Waals surface area contributed by atoms with Gasteiger partial charge in [-0.25, -0.2) is 0 Å². The van der Waals surface area contributed by atoms with Crippen molar-refractivity contribution in [1.82, 2.24) is 10.2 Å². The van der Waals surface area contributed by atoms with Crippen LogP contribution in [-0.2, 0) is 17.8 Å². The van der Waals surface area contributed by atoms with Crippen LogP contribution in [0.4, 0.5) is 0 Å². The molecule has 1 aromatic rings. The Bertz CT molecular complexity index is 428. The highest BCUT2D eigenvalue weighted by Crippen LogP contribution is 2.23. The molecule has 1 atom stereocenters. The minimum atomic E-state index is 0.229. The van der Waals surface area contributed by atoms with Crippen molar-refractivity contribution in [3.63, 3.8) is 0 Å². The van der Waals surface area contributed by atoms with Crippen LogP contribution in [-0.4, -0.2) is 29.9 Å². The third-order valence-corrected chi connectivity index (χ3v) is 4.61. The highest BCUT2D eigenvalue weighted by atomic mass is 32.1. The first-order valence-electron chi connectivity index (χ1n) is 7.12. The van der Waals surface area contributed by atoms with Crippen molar-refractivity contribution < 1.29 is 4.79 Å². The van der Waals surface area contributed by atoms with Crippen molar-refractivity contribution in [3.05, 3.63) is 21.9 Å². The van der Waals surface area contributed by atoms with Gasteiger partial charge in [0.1, 0.15) is 0 Å². The maximum atomic E-state index is 12.2. The Kier molecular flexibility index (Phi) is 4.99. The van der Waals surface area contributed by atoms with E-state index in [9.17, 15) is 4.79 Å². The highest BCUT2D eigenvalue weighted by molar-refractivity contribution is 7.10. The number of amides is 1. The van der Waals surface area contributed by atoms with Gasteiger partial charge in [0.25, 0.3) is 0 Å². The fourth-order valence-electron chi connectivity index (χ4n) is 2.63. The number of thiophene rings is 1. The van der Waals surface area contributed by atoms with E-state index in [2.05, 4.69) is 37.5 Å². The molecule has 1 amide bonds. The molecule has 19 heavy (non-hydrogen) atoms. The average Bonchev–Trinajstić information content (AvgIpc) is 2.82. The van der Waals surface area contributed by atoms with E-state index in [1.807, 2.05) is 16.2 Å². The molecule has 2 heterocycles. The Labute approximate surface area is 120 Å². The molecule has 0 aliphatic carbocycles. The van der Waals surface area contributed by atoms with Gasteiger partial charge in [0.05, 0.1) is 6.54 Å². The van der Waals surface area contributed by atoms with Crippen molar-refractivity contribution in [2.45, 2.75) is 46.2 Å². The molecule has 1 aromatic heterocycles. The summed E-state index contributed by atoms with van der Waals surface area (Å²) < 4.78 is 0. The lowest BCUT2D eigenvalue weighted by atomic mass is 10.1. The van der Waals surface area contributed by atoms with Gasteiger partial charge >= 0.3 is 0 Å². The van der Waals surface area contributed by atoms with Crippen LogP contribution in [0.1, 0.15) is 37.6 Å². The Balaban J connectivity index is 1.78. The summed E-state index contributed by atoms with van der Waals surface area (Å²) in [4.78, 5) is 15.6. The van der Waals surface area contributed by atoms with Crippen LogP contribution >= 0.6 is 11.3 Å². The van der Waals surface area contributed by atoms with Gasteiger partial charge in [0.15, 0.2) is 0 Å². The van der Waals surface area contributed by atoms with Crippen molar-refractivity contribution in [2.24, 2.45) is 5.92 Å². The third kappa shape index (κ3) is 4.05. The lowest BCUT2D eigenvalue weighted by Crippen LogP contribution is -2.43. The van der Waals surface area contributed by atoms with Gasteiger partial charge in [0.2, 0.25) is 5.91 Å². The second kappa shape index (κ2) is 6.53. The molecule has 0 aromatic carbocycles. The second-order valence-corrected chi connectivity index (χ2v) is 6.85. The first-order valence-corrected chi connectivity index (χ1v) is 8.00. The predicted molar refractivity (Wildman–Crippen MR) is 80.4 cm³/mol. The molecule has 0 spiro atoms. The molecular formula is C15H24N2OS. The first-order chi connectivity index (χ1) is 9.06. The summed E-state index contributed by atoms with van der Waals surface area (Å²) in [7, 11) is 0. The number of hydrogen-bond donors (Lipinski definition) is 1. The second-order valence-electron chi connectivity index (χ2n) is 5.85. The number of fused-ring (bicyclic) bond motifs is 1. The Morgan fingerprint density at radius 1 is 1.47 bits per heavy atom. The monoisotopic (exact) mass is 280 g/mol. The average molecular weight is 280 g/mol. The van der Waals surface area contributed by atoms with E-state index in [0.717, 1.165) is 25.9 Å². The minimum absolute atomic E-state index is 0.229. The number of rotatable bonds is 5. The molecule has 0 saturated carbocycles. The molecule has 0 radical (unpaired) electrons. The van der Waals surface area contributed by atoms with Gasteiger partial charge in [-0.15, -0.1) is 11.3 Å². The van der Waals surface area contributed by atoms with Crippen molar-refractivity contribution in [3.8, 4) is 0 Å². The number of hydrogen-bond acceptors (Lipinski definition) is 3. The van der Waals surface area contributed by atoms with Gasteiger partial charge in [-0.3, -0.25) is 4.79 Å². The summed E-state index contributed by atoms with van der Waals surface area (Å²) in [6.07, 6.45) is 2.13. The maximum Gasteiger partial charge on any atom is 0.236 e. The van der Waals surface area contributed by atoms with E-state index >= 15 is 0 Å². The summed E-state index contributed by atoms with van der Waals surface area (Å²) >= 11 is 1.81. The quantitative estimate of drug-likeness (QED) is 0.899. The van der Waals surface area contributed by atoms with E-state index in [1.165, 1.54) is 10.4 Å². The Morgan fingerprint density at radius 2 is 2.26 bits per heavy atom. The van der Waals surface area contributed by atoms with Crippen LogP contribution in [0.15, 0.2) is 11.4 Å². The molecule has 0 fully saturated rings. The summed E-state index contributed by atoms with van der Waals surface area (Å²) in [5, 5.41) is 5.47. The smallest absolute Gasteiger partial charge is 0.236 e. The molecule has 3 nitrogen and oxygen atoms in total. The number of carbonyl (C=O) groups excluding carboxylic acids is 1. The van der Waals surface area contributed by atoms with Gasteiger partial charge in [-0.2, -0.15) is 0 Å².